The largest absolute Gasteiger partial charge is 0.507 e. The topological polar surface area (TPSA) is 205 Å². The van der Waals surface area contributed by atoms with Crippen LogP contribution in [0.3, 0.4) is 0 Å². The Morgan fingerprint density at radius 1 is 0.603 bits per heavy atom. The highest BCUT2D eigenvalue weighted by Crippen LogP contribution is 2.35. The number of thiophene rings is 2. The number of carboxylic acids is 4. The first kappa shape index (κ1) is 48.0. The molecule has 6 N–H and O–H groups in total. The SMILES string of the molecule is O=C(O)CNC(=O)c1ccccc1.O=C(O)[C@H](c1ccccc1Cl)N1CCc2sccc2C1.O=C(O)[C@H](c1ccccc1Cl)N1CCc2sccc2C1.O=C(O)c1ccccc1O. The number of fused-ring (bicyclic) bond motifs is 2. The summed E-state index contributed by atoms with van der Waals surface area (Å²) < 4.78 is 0. The van der Waals surface area contributed by atoms with Crippen LogP contribution in [-0.4, -0.2) is 84.8 Å². The summed E-state index contributed by atoms with van der Waals surface area (Å²) in [6, 6.07) is 31.4. The maximum Gasteiger partial charge on any atom is 0.339 e. The van der Waals surface area contributed by atoms with E-state index >= 15 is 0 Å². The lowest BCUT2D eigenvalue weighted by atomic mass is 10.0. The van der Waals surface area contributed by atoms with Crippen molar-refractivity contribution < 1.29 is 49.5 Å². The molecule has 0 saturated heterocycles. The molecule has 0 radical (unpaired) electrons. The highest BCUT2D eigenvalue weighted by atomic mass is 35.5. The van der Waals surface area contributed by atoms with Crippen LogP contribution in [0, 0.1) is 0 Å². The Morgan fingerprint density at radius 2 is 1.05 bits per heavy atom. The van der Waals surface area contributed by atoms with E-state index in [9.17, 15) is 34.2 Å². The van der Waals surface area contributed by atoms with Crippen molar-refractivity contribution >= 4 is 75.7 Å². The molecular weight excluding hydrogens is 890 g/mol. The van der Waals surface area contributed by atoms with Gasteiger partial charge in [-0.2, -0.15) is 0 Å². The normalized spacial score (nSPS) is 13.9. The first-order valence-electron chi connectivity index (χ1n) is 19.3. The first-order valence-corrected chi connectivity index (χ1v) is 21.9. The van der Waals surface area contributed by atoms with E-state index in [-0.39, 0.29) is 23.8 Å². The molecule has 2 aliphatic heterocycles. The Morgan fingerprint density at radius 3 is 1.46 bits per heavy atom. The van der Waals surface area contributed by atoms with E-state index in [4.69, 9.17) is 38.5 Å². The Hall–Kier alpha value is -6.07. The van der Waals surface area contributed by atoms with Gasteiger partial charge in [-0.1, -0.05) is 89.9 Å². The lowest BCUT2D eigenvalue weighted by Crippen LogP contribution is -2.37. The summed E-state index contributed by atoms with van der Waals surface area (Å²) in [5.74, 6) is -4.44. The van der Waals surface area contributed by atoms with Crippen LogP contribution in [0.4, 0.5) is 0 Å². The summed E-state index contributed by atoms with van der Waals surface area (Å²) in [5.41, 5.74) is 4.20. The van der Waals surface area contributed by atoms with Gasteiger partial charge < -0.3 is 30.8 Å². The minimum absolute atomic E-state index is 0.0671. The number of benzene rings is 4. The Labute approximate surface area is 381 Å². The van der Waals surface area contributed by atoms with Gasteiger partial charge in [-0.05, 0) is 94.4 Å². The molecule has 0 spiro atoms. The molecule has 0 unspecified atom stereocenters. The van der Waals surface area contributed by atoms with E-state index in [0.29, 0.717) is 39.8 Å². The van der Waals surface area contributed by atoms with Gasteiger partial charge in [-0.15, -0.1) is 22.7 Å². The van der Waals surface area contributed by atoms with Gasteiger partial charge in [0.15, 0.2) is 0 Å². The highest BCUT2D eigenvalue weighted by molar-refractivity contribution is 7.10. The van der Waals surface area contributed by atoms with Crippen molar-refractivity contribution in [1.82, 2.24) is 15.1 Å². The van der Waals surface area contributed by atoms with Gasteiger partial charge in [-0.25, -0.2) is 4.79 Å². The van der Waals surface area contributed by atoms with Gasteiger partial charge in [0.1, 0.15) is 29.9 Å². The fourth-order valence-electron chi connectivity index (χ4n) is 6.85. The summed E-state index contributed by atoms with van der Waals surface area (Å²) >= 11 is 15.8. The van der Waals surface area contributed by atoms with Crippen LogP contribution >= 0.6 is 45.9 Å². The van der Waals surface area contributed by atoms with Crippen LogP contribution in [0.2, 0.25) is 10.0 Å². The molecule has 4 heterocycles. The number of rotatable bonds is 10. The zero-order valence-electron chi connectivity index (χ0n) is 33.5. The lowest BCUT2D eigenvalue weighted by Gasteiger charge is -2.32. The van der Waals surface area contributed by atoms with E-state index in [1.807, 2.05) is 34.1 Å². The number of para-hydroxylation sites is 1. The summed E-state index contributed by atoms with van der Waals surface area (Å²) in [6.07, 6.45) is 1.81. The Bertz CT molecular complexity index is 2400. The minimum atomic E-state index is -1.11. The van der Waals surface area contributed by atoms with Gasteiger partial charge >= 0.3 is 23.9 Å². The van der Waals surface area contributed by atoms with Crippen LogP contribution < -0.4 is 5.32 Å². The van der Waals surface area contributed by atoms with E-state index in [0.717, 1.165) is 25.9 Å². The molecule has 328 valence electrons. The van der Waals surface area contributed by atoms with Gasteiger partial charge in [0.2, 0.25) is 0 Å². The van der Waals surface area contributed by atoms with E-state index in [2.05, 4.69) is 28.2 Å². The number of carbonyl (C=O) groups excluding carboxylic acids is 1. The molecule has 2 atom stereocenters. The fraction of sp³-hybridized carbons (Fsp3) is 0.196. The van der Waals surface area contributed by atoms with Crippen LogP contribution in [0.25, 0.3) is 0 Å². The second-order valence-electron chi connectivity index (χ2n) is 14.0. The molecule has 13 nitrogen and oxygen atoms in total. The summed E-state index contributed by atoms with van der Waals surface area (Å²) in [5, 5.41) is 52.2. The number of carbonyl (C=O) groups is 5. The van der Waals surface area contributed by atoms with Crippen LogP contribution in [0.1, 0.15) is 64.8 Å². The summed E-state index contributed by atoms with van der Waals surface area (Å²) in [4.78, 5) is 61.7. The summed E-state index contributed by atoms with van der Waals surface area (Å²) in [6.45, 7) is 2.47. The number of nitrogens with one attached hydrogen (secondary N) is 1. The molecule has 0 bridgehead atoms. The number of aromatic carboxylic acids is 1. The number of carboxylic acid groups (broad SMARTS) is 4. The average Bonchev–Trinajstić information content (AvgIpc) is 3.95. The fourth-order valence-corrected chi connectivity index (χ4v) is 9.11. The van der Waals surface area contributed by atoms with Crippen LogP contribution in [0.5, 0.6) is 5.75 Å². The van der Waals surface area contributed by atoms with Crippen molar-refractivity contribution in [1.29, 1.82) is 0 Å². The van der Waals surface area contributed by atoms with E-state index in [1.54, 1.807) is 89.4 Å². The van der Waals surface area contributed by atoms with Crippen molar-refractivity contribution in [2.75, 3.05) is 19.6 Å². The minimum Gasteiger partial charge on any atom is -0.507 e. The molecule has 0 aliphatic carbocycles. The number of aromatic hydroxyl groups is 1. The van der Waals surface area contributed by atoms with E-state index < -0.39 is 36.0 Å². The van der Waals surface area contributed by atoms with Crippen LogP contribution in [-0.2, 0) is 40.3 Å². The third-order valence-electron chi connectivity index (χ3n) is 9.84. The number of nitrogens with zero attached hydrogens (tertiary/aromatic N) is 2. The lowest BCUT2D eigenvalue weighted by molar-refractivity contribution is -0.145. The molecule has 4 aromatic carbocycles. The van der Waals surface area contributed by atoms with Crippen molar-refractivity contribution in [3.8, 4) is 5.75 Å². The molecule has 2 aromatic heterocycles. The number of hydrogen-bond donors (Lipinski definition) is 6. The predicted octanol–water partition coefficient (Wildman–Crippen LogP) is 8.76. The van der Waals surface area contributed by atoms with E-state index in [1.165, 1.54) is 33.0 Å². The molecule has 17 heteroatoms. The average molecular weight is 933 g/mol. The molecule has 0 saturated carbocycles. The zero-order chi connectivity index (χ0) is 45.5. The van der Waals surface area contributed by atoms with Crippen molar-refractivity contribution in [3.05, 3.63) is 179 Å². The maximum absolute atomic E-state index is 11.7. The standard InChI is InChI=1S/2C15H14ClNO2S.C9H9NO3.C7H6O3/c2*16-12-4-2-1-3-11(12)14(15(18)19)17-7-5-13-10(9-17)6-8-20-13;11-8(12)6-10-9(13)7-4-2-1-3-5-7;8-6-4-2-1-3-5(6)7(9)10/h2*1-4,6,8,14H,5,7,9H2,(H,18,19);1-5H,6H2,(H,10,13)(H,11,12);1-4,8H,(H,9,10)/t2*14-;;/m00../s1. The number of halogens is 2. The third-order valence-corrected chi connectivity index (χ3v) is 12.6. The number of amides is 1. The maximum atomic E-state index is 11.7. The van der Waals surface area contributed by atoms with Crippen molar-refractivity contribution in [3.63, 3.8) is 0 Å². The second-order valence-corrected chi connectivity index (χ2v) is 16.8. The highest BCUT2D eigenvalue weighted by Gasteiger charge is 2.33. The quantitative estimate of drug-likeness (QED) is 0.0763. The Balaban J connectivity index is 0.000000164. The molecule has 63 heavy (non-hydrogen) atoms. The molecule has 8 rings (SSSR count). The number of phenols is 1. The Kier molecular flexibility index (Phi) is 17.8. The molecule has 1 amide bonds. The van der Waals surface area contributed by atoms with Crippen LogP contribution in [0.15, 0.2) is 126 Å². The second kappa shape index (κ2) is 23.4. The van der Waals surface area contributed by atoms with Crippen molar-refractivity contribution in [2.45, 2.75) is 38.0 Å². The number of hydrogen-bond acceptors (Lipinski definition) is 10. The van der Waals surface area contributed by atoms with Gasteiger partial charge in [-0.3, -0.25) is 29.0 Å². The third kappa shape index (κ3) is 13.5. The van der Waals surface area contributed by atoms with Crippen molar-refractivity contribution in [2.24, 2.45) is 0 Å². The summed E-state index contributed by atoms with van der Waals surface area (Å²) in [7, 11) is 0. The number of aliphatic carboxylic acids is 3. The molecule has 0 fully saturated rings. The molecular formula is C46H43Cl2N3O10S2. The zero-order valence-corrected chi connectivity index (χ0v) is 36.6. The predicted molar refractivity (Wildman–Crippen MR) is 242 cm³/mol. The monoisotopic (exact) mass is 931 g/mol. The van der Waals surface area contributed by atoms with Gasteiger partial charge in [0, 0.05) is 51.5 Å². The first-order chi connectivity index (χ1) is 30.2. The smallest absolute Gasteiger partial charge is 0.339 e. The molecule has 2 aliphatic rings. The van der Waals surface area contributed by atoms with Gasteiger partial charge in [0.25, 0.3) is 5.91 Å². The molecule has 6 aromatic rings. The van der Waals surface area contributed by atoms with Gasteiger partial charge in [0.05, 0.1) is 0 Å².